The van der Waals surface area contributed by atoms with Crippen molar-refractivity contribution in [2.75, 3.05) is 0 Å². The van der Waals surface area contributed by atoms with E-state index in [-0.39, 0.29) is 5.38 Å². The summed E-state index contributed by atoms with van der Waals surface area (Å²) in [7, 11) is 0. The number of hydrogen-bond donors (Lipinski definition) is 0. The first kappa shape index (κ1) is 8.73. The largest absolute Gasteiger partial charge is 0.248 e. The summed E-state index contributed by atoms with van der Waals surface area (Å²) in [4.78, 5) is 4.18. The van der Waals surface area contributed by atoms with Gasteiger partial charge in [-0.15, -0.1) is 22.9 Å². The van der Waals surface area contributed by atoms with Gasteiger partial charge >= 0.3 is 0 Å². The van der Waals surface area contributed by atoms with Gasteiger partial charge in [0, 0.05) is 5.38 Å². The molecule has 1 atom stereocenters. The van der Waals surface area contributed by atoms with Crippen LogP contribution in [0.4, 0.5) is 0 Å². The van der Waals surface area contributed by atoms with E-state index in [1.54, 1.807) is 16.8 Å². The normalized spacial score (nSPS) is 12.7. The van der Waals surface area contributed by atoms with Crippen LogP contribution < -0.4 is 0 Å². The Balaban J connectivity index is 2.29. The van der Waals surface area contributed by atoms with Crippen LogP contribution in [0.2, 0.25) is 0 Å². The van der Waals surface area contributed by atoms with Gasteiger partial charge in [0.25, 0.3) is 0 Å². The smallest absolute Gasteiger partial charge is 0.101 e. The summed E-state index contributed by atoms with van der Waals surface area (Å²) >= 11 is 7.78. The molecule has 0 radical (unpaired) electrons. The number of alkyl halides is 1. The number of benzene rings is 1. The average Bonchev–Trinajstić information content (AvgIpc) is 2.71. The Morgan fingerprint density at radius 1 is 1.23 bits per heavy atom. The fraction of sp³-hybridized carbons (Fsp3) is 0.100. The number of rotatable bonds is 2. The van der Waals surface area contributed by atoms with Crippen LogP contribution in [-0.4, -0.2) is 4.98 Å². The molecule has 2 rings (SSSR count). The van der Waals surface area contributed by atoms with Crippen molar-refractivity contribution < 1.29 is 0 Å². The van der Waals surface area contributed by atoms with Gasteiger partial charge in [0.2, 0.25) is 0 Å². The van der Waals surface area contributed by atoms with Gasteiger partial charge in [0.15, 0.2) is 0 Å². The highest BCUT2D eigenvalue weighted by atomic mass is 35.5. The monoisotopic (exact) mass is 209 g/mol. The minimum atomic E-state index is -0.118. The third kappa shape index (κ3) is 1.90. The molecule has 1 aromatic heterocycles. The average molecular weight is 210 g/mol. The summed E-state index contributed by atoms with van der Waals surface area (Å²) in [6.45, 7) is 0. The van der Waals surface area contributed by atoms with Crippen LogP contribution in [0.1, 0.15) is 16.6 Å². The second-order valence-corrected chi connectivity index (χ2v) is 3.84. The Morgan fingerprint density at radius 3 is 2.62 bits per heavy atom. The molecular formula is C10H8ClNS. The van der Waals surface area contributed by atoms with Gasteiger partial charge in [-0.05, 0) is 5.56 Å². The van der Waals surface area contributed by atoms with Gasteiger partial charge in [-0.3, -0.25) is 0 Å². The maximum absolute atomic E-state index is 6.22. The van der Waals surface area contributed by atoms with E-state index in [9.17, 15) is 0 Å². The number of hydrogen-bond acceptors (Lipinski definition) is 2. The second kappa shape index (κ2) is 3.90. The van der Waals surface area contributed by atoms with Crippen molar-refractivity contribution in [1.82, 2.24) is 4.98 Å². The van der Waals surface area contributed by atoms with Crippen molar-refractivity contribution in [3.63, 3.8) is 0 Å². The first-order valence-electron chi connectivity index (χ1n) is 3.95. The Kier molecular flexibility index (Phi) is 2.62. The predicted octanol–water partition coefficient (Wildman–Crippen LogP) is 3.47. The zero-order valence-corrected chi connectivity index (χ0v) is 8.42. The van der Waals surface area contributed by atoms with Crippen LogP contribution in [0, 0.1) is 0 Å². The van der Waals surface area contributed by atoms with Crippen LogP contribution in [0.15, 0.2) is 41.2 Å². The molecule has 0 fully saturated rings. The summed E-state index contributed by atoms with van der Waals surface area (Å²) in [5.41, 5.74) is 3.82. The van der Waals surface area contributed by atoms with Crippen molar-refractivity contribution in [2.45, 2.75) is 5.38 Å². The molecule has 0 saturated heterocycles. The molecule has 1 unspecified atom stereocenters. The molecule has 0 aliphatic carbocycles. The molecule has 2 aromatic rings. The Morgan fingerprint density at radius 2 is 2.00 bits per heavy atom. The van der Waals surface area contributed by atoms with E-state index < -0.39 is 0 Å². The number of aromatic nitrogens is 1. The zero-order valence-electron chi connectivity index (χ0n) is 6.85. The van der Waals surface area contributed by atoms with Gasteiger partial charge < -0.3 is 0 Å². The highest BCUT2D eigenvalue weighted by molar-refractivity contribution is 7.07. The summed E-state index contributed by atoms with van der Waals surface area (Å²) in [6.07, 6.45) is 0. The van der Waals surface area contributed by atoms with E-state index in [1.165, 1.54) is 0 Å². The van der Waals surface area contributed by atoms with E-state index in [1.807, 2.05) is 35.7 Å². The van der Waals surface area contributed by atoms with Gasteiger partial charge in [0.05, 0.1) is 11.2 Å². The lowest BCUT2D eigenvalue weighted by molar-refractivity contribution is 1.07. The van der Waals surface area contributed by atoms with Crippen LogP contribution in [0.5, 0.6) is 0 Å². The summed E-state index contributed by atoms with van der Waals surface area (Å²) < 4.78 is 0. The molecule has 66 valence electrons. The standard InChI is InChI=1S/C10H8ClNS/c11-10(9-6-13-7-12-9)8-4-2-1-3-5-8/h1-7,10H. The molecule has 1 nitrogen and oxygen atoms in total. The molecule has 0 N–H and O–H groups in total. The summed E-state index contributed by atoms with van der Waals surface area (Å²) in [5.74, 6) is 0. The first-order valence-corrected chi connectivity index (χ1v) is 5.33. The van der Waals surface area contributed by atoms with E-state index in [2.05, 4.69) is 4.98 Å². The zero-order chi connectivity index (χ0) is 9.10. The van der Waals surface area contributed by atoms with Crippen LogP contribution in [0.3, 0.4) is 0 Å². The molecule has 0 aliphatic heterocycles. The lowest BCUT2D eigenvalue weighted by Gasteiger charge is -2.05. The maximum atomic E-state index is 6.22. The molecule has 13 heavy (non-hydrogen) atoms. The van der Waals surface area contributed by atoms with Gasteiger partial charge in [0.1, 0.15) is 5.38 Å². The number of nitrogens with zero attached hydrogens (tertiary/aromatic N) is 1. The third-order valence-corrected chi connectivity index (χ3v) is 2.88. The Labute approximate surface area is 86.0 Å². The van der Waals surface area contributed by atoms with E-state index in [4.69, 9.17) is 11.6 Å². The van der Waals surface area contributed by atoms with E-state index in [0.29, 0.717) is 0 Å². The molecule has 0 spiro atoms. The lowest BCUT2D eigenvalue weighted by atomic mass is 10.1. The highest BCUT2D eigenvalue weighted by Crippen LogP contribution is 2.27. The second-order valence-electron chi connectivity index (χ2n) is 2.69. The minimum Gasteiger partial charge on any atom is -0.248 e. The summed E-state index contributed by atoms with van der Waals surface area (Å²) in [5, 5.41) is 1.86. The van der Waals surface area contributed by atoms with Crippen LogP contribution >= 0.6 is 22.9 Å². The number of thiazole rings is 1. The SMILES string of the molecule is ClC(c1ccccc1)c1cscn1. The fourth-order valence-electron chi connectivity index (χ4n) is 1.14. The third-order valence-electron chi connectivity index (χ3n) is 1.80. The molecular weight excluding hydrogens is 202 g/mol. The minimum absolute atomic E-state index is 0.118. The quantitative estimate of drug-likeness (QED) is 0.691. The van der Waals surface area contributed by atoms with Crippen molar-refractivity contribution in [3.8, 4) is 0 Å². The molecule has 3 heteroatoms. The van der Waals surface area contributed by atoms with Crippen molar-refractivity contribution >= 4 is 22.9 Å². The molecule has 0 saturated carbocycles. The molecule has 1 heterocycles. The van der Waals surface area contributed by atoms with Crippen molar-refractivity contribution in [3.05, 3.63) is 52.5 Å². The van der Waals surface area contributed by atoms with Crippen molar-refractivity contribution in [2.24, 2.45) is 0 Å². The molecule has 0 bridgehead atoms. The Hall–Kier alpha value is -0.860. The molecule has 1 aromatic carbocycles. The predicted molar refractivity (Wildman–Crippen MR) is 56.3 cm³/mol. The van der Waals surface area contributed by atoms with E-state index in [0.717, 1.165) is 11.3 Å². The van der Waals surface area contributed by atoms with Crippen molar-refractivity contribution in [1.29, 1.82) is 0 Å². The van der Waals surface area contributed by atoms with Gasteiger partial charge in [-0.2, -0.15) is 0 Å². The lowest BCUT2D eigenvalue weighted by Crippen LogP contribution is -1.91. The van der Waals surface area contributed by atoms with Crippen LogP contribution in [-0.2, 0) is 0 Å². The topological polar surface area (TPSA) is 12.9 Å². The molecule has 0 aliphatic rings. The van der Waals surface area contributed by atoms with Gasteiger partial charge in [-0.1, -0.05) is 30.3 Å². The maximum Gasteiger partial charge on any atom is 0.101 e. The van der Waals surface area contributed by atoms with Crippen LogP contribution in [0.25, 0.3) is 0 Å². The highest BCUT2D eigenvalue weighted by Gasteiger charge is 2.11. The van der Waals surface area contributed by atoms with Gasteiger partial charge in [-0.25, -0.2) is 4.98 Å². The fourth-order valence-corrected chi connectivity index (χ4v) is 2.06. The molecule has 0 amide bonds. The summed E-state index contributed by atoms with van der Waals surface area (Å²) in [6, 6.07) is 9.97. The number of halogens is 1. The Bertz CT molecular complexity index is 358. The van der Waals surface area contributed by atoms with E-state index >= 15 is 0 Å². The first-order chi connectivity index (χ1) is 6.38.